The minimum absolute atomic E-state index is 0.306. The number of hydrogen-bond donors (Lipinski definition) is 2. The quantitative estimate of drug-likeness (QED) is 0.796. The van der Waals surface area contributed by atoms with E-state index in [2.05, 4.69) is 31.3 Å². The van der Waals surface area contributed by atoms with Crippen molar-refractivity contribution in [2.24, 2.45) is 0 Å². The second-order valence-corrected chi connectivity index (χ2v) is 4.46. The number of rotatable bonds is 6. The summed E-state index contributed by atoms with van der Waals surface area (Å²) in [6.07, 6.45) is -0.306. The van der Waals surface area contributed by atoms with Gasteiger partial charge in [0.05, 0.1) is 12.7 Å². The first-order chi connectivity index (χ1) is 8.04. The zero-order valence-electron chi connectivity index (χ0n) is 11.2. The van der Waals surface area contributed by atoms with E-state index in [9.17, 15) is 5.11 Å². The van der Waals surface area contributed by atoms with Crippen molar-refractivity contribution in [2.45, 2.75) is 40.3 Å². The molecule has 17 heavy (non-hydrogen) atoms. The molecule has 0 heterocycles. The molecule has 0 spiro atoms. The second kappa shape index (κ2) is 6.62. The van der Waals surface area contributed by atoms with Gasteiger partial charge in [0.15, 0.2) is 0 Å². The molecule has 96 valence electrons. The lowest BCUT2D eigenvalue weighted by molar-refractivity contribution is 0.191. The fourth-order valence-corrected chi connectivity index (χ4v) is 1.77. The zero-order valence-corrected chi connectivity index (χ0v) is 11.2. The van der Waals surface area contributed by atoms with Crippen LogP contribution >= 0.6 is 0 Å². The van der Waals surface area contributed by atoms with Gasteiger partial charge in [-0.2, -0.15) is 0 Å². The van der Waals surface area contributed by atoms with Crippen molar-refractivity contribution in [1.82, 2.24) is 5.32 Å². The number of aliphatic hydroxyl groups is 1. The lowest BCUT2D eigenvalue weighted by Gasteiger charge is -2.13. The number of benzene rings is 1. The van der Waals surface area contributed by atoms with Crippen molar-refractivity contribution in [1.29, 1.82) is 0 Å². The van der Waals surface area contributed by atoms with Gasteiger partial charge in [-0.05, 0) is 50.5 Å². The predicted molar refractivity (Wildman–Crippen MR) is 70.5 cm³/mol. The Labute approximate surface area is 104 Å². The van der Waals surface area contributed by atoms with E-state index in [0.29, 0.717) is 13.2 Å². The topological polar surface area (TPSA) is 41.5 Å². The normalized spacial score (nSPS) is 12.5. The van der Waals surface area contributed by atoms with E-state index in [1.165, 1.54) is 11.1 Å². The van der Waals surface area contributed by atoms with E-state index in [0.717, 1.165) is 17.9 Å². The van der Waals surface area contributed by atoms with Gasteiger partial charge in [0.25, 0.3) is 0 Å². The first-order valence-electron chi connectivity index (χ1n) is 6.16. The van der Waals surface area contributed by atoms with Crippen LogP contribution in [0, 0.1) is 13.8 Å². The van der Waals surface area contributed by atoms with Crippen molar-refractivity contribution in [3.05, 3.63) is 28.8 Å². The lowest BCUT2D eigenvalue weighted by Crippen LogP contribution is -2.24. The zero-order chi connectivity index (χ0) is 12.8. The Kier molecular flexibility index (Phi) is 5.45. The van der Waals surface area contributed by atoms with Crippen LogP contribution in [0.5, 0.6) is 5.75 Å². The van der Waals surface area contributed by atoms with Gasteiger partial charge in [0.2, 0.25) is 0 Å². The van der Waals surface area contributed by atoms with E-state index in [1.807, 2.05) is 6.92 Å². The molecule has 0 amide bonds. The molecule has 0 saturated carbocycles. The molecule has 0 fully saturated rings. The molecule has 0 aliphatic heterocycles. The summed E-state index contributed by atoms with van der Waals surface area (Å²) in [5, 5.41) is 12.4. The molecule has 3 nitrogen and oxygen atoms in total. The maximum Gasteiger partial charge on any atom is 0.122 e. The average molecular weight is 237 g/mol. The summed E-state index contributed by atoms with van der Waals surface area (Å²) in [5.74, 6) is 0.962. The van der Waals surface area contributed by atoms with E-state index < -0.39 is 0 Å². The Morgan fingerprint density at radius 3 is 2.59 bits per heavy atom. The number of aliphatic hydroxyl groups excluding tert-OH is 1. The molecule has 1 aromatic carbocycles. The number of hydrogen-bond acceptors (Lipinski definition) is 3. The predicted octanol–water partition coefficient (Wildman–Crippen LogP) is 2.17. The molecular formula is C14H23NO2. The molecule has 0 bridgehead atoms. The molecule has 1 unspecified atom stereocenters. The molecule has 1 rings (SSSR count). The molecule has 1 aromatic rings. The van der Waals surface area contributed by atoms with Gasteiger partial charge in [-0.15, -0.1) is 0 Å². The molecule has 3 heteroatoms. The van der Waals surface area contributed by atoms with Crippen LogP contribution in [-0.2, 0) is 6.54 Å². The van der Waals surface area contributed by atoms with E-state index in [4.69, 9.17) is 4.74 Å². The number of nitrogens with one attached hydrogen (secondary N) is 1. The Balaban J connectivity index is 2.70. The molecule has 0 radical (unpaired) electrons. The fourth-order valence-electron chi connectivity index (χ4n) is 1.77. The highest BCUT2D eigenvalue weighted by Crippen LogP contribution is 2.22. The third kappa shape index (κ3) is 4.36. The lowest BCUT2D eigenvalue weighted by atomic mass is 10.0. The number of ether oxygens (including phenoxy) is 1. The van der Waals surface area contributed by atoms with Crippen molar-refractivity contribution in [3.63, 3.8) is 0 Å². The summed E-state index contributed by atoms with van der Waals surface area (Å²) in [6, 6.07) is 4.23. The minimum Gasteiger partial charge on any atom is -0.494 e. The van der Waals surface area contributed by atoms with Crippen LogP contribution in [0.4, 0.5) is 0 Å². The molecule has 0 aliphatic rings. The maximum absolute atomic E-state index is 9.19. The van der Waals surface area contributed by atoms with Crippen molar-refractivity contribution in [2.75, 3.05) is 13.2 Å². The van der Waals surface area contributed by atoms with Crippen molar-refractivity contribution in [3.8, 4) is 5.75 Å². The SMILES string of the molecule is CCOc1cc(C)c(CNCC(C)O)cc1C. The van der Waals surface area contributed by atoms with Gasteiger partial charge in [-0.25, -0.2) is 0 Å². The van der Waals surface area contributed by atoms with Crippen LogP contribution in [0.2, 0.25) is 0 Å². The van der Waals surface area contributed by atoms with Crippen LogP contribution in [0.25, 0.3) is 0 Å². The first kappa shape index (κ1) is 14.0. The first-order valence-corrected chi connectivity index (χ1v) is 6.16. The molecule has 2 N–H and O–H groups in total. The molecule has 0 aromatic heterocycles. The largest absolute Gasteiger partial charge is 0.494 e. The summed E-state index contributed by atoms with van der Waals surface area (Å²) in [6.45, 7) is 10.0. The van der Waals surface area contributed by atoms with Crippen molar-refractivity contribution < 1.29 is 9.84 Å². The smallest absolute Gasteiger partial charge is 0.122 e. The Morgan fingerprint density at radius 2 is 2.00 bits per heavy atom. The average Bonchev–Trinajstić information content (AvgIpc) is 2.24. The van der Waals surface area contributed by atoms with E-state index in [-0.39, 0.29) is 6.10 Å². The highest BCUT2D eigenvalue weighted by Gasteiger charge is 2.05. The summed E-state index contributed by atoms with van der Waals surface area (Å²) >= 11 is 0. The van der Waals surface area contributed by atoms with Crippen LogP contribution in [0.15, 0.2) is 12.1 Å². The third-order valence-electron chi connectivity index (χ3n) is 2.69. The highest BCUT2D eigenvalue weighted by molar-refractivity contribution is 5.41. The molecule has 1 atom stereocenters. The Morgan fingerprint density at radius 1 is 1.29 bits per heavy atom. The van der Waals surface area contributed by atoms with E-state index >= 15 is 0 Å². The summed E-state index contributed by atoms with van der Waals surface area (Å²) in [5.41, 5.74) is 3.63. The summed E-state index contributed by atoms with van der Waals surface area (Å²) in [4.78, 5) is 0. The second-order valence-electron chi connectivity index (χ2n) is 4.46. The van der Waals surface area contributed by atoms with Crippen LogP contribution < -0.4 is 10.1 Å². The van der Waals surface area contributed by atoms with Gasteiger partial charge in [-0.1, -0.05) is 6.07 Å². The van der Waals surface area contributed by atoms with Crippen LogP contribution in [0.1, 0.15) is 30.5 Å². The summed E-state index contributed by atoms with van der Waals surface area (Å²) < 4.78 is 5.55. The molecule has 0 saturated heterocycles. The van der Waals surface area contributed by atoms with Gasteiger partial charge < -0.3 is 15.2 Å². The van der Waals surface area contributed by atoms with Crippen molar-refractivity contribution >= 4 is 0 Å². The van der Waals surface area contributed by atoms with E-state index in [1.54, 1.807) is 6.92 Å². The monoisotopic (exact) mass is 237 g/mol. The van der Waals surface area contributed by atoms with Crippen LogP contribution in [0.3, 0.4) is 0 Å². The van der Waals surface area contributed by atoms with Gasteiger partial charge >= 0.3 is 0 Å². The molecular weight excluding hydrogens is 214 g/mol. The maximum atomic E-state index is 9.19. The van der Waals surface area contributed by atoms with Gasteiger partial charge in [-0.3, -0.25) is 0 Å². The molecule has 0 aliphatic carbocycles. The Hall–Kier alpha value is -1.06. The highest BCUT2D eigenvalue weighted by atomic mass is 16.5. The number of aryl methyl sites for hydroxylation is 2. The third-order valence-corrected chi connectivity index (χ3v) is 2.69. The van der Waals surface area contributed by atoms with Crippen LogP contribution in [-0.4, -0.2) is 24.4 Å². The standard InChI is InChI=1S/C14H23NO2/c1-5-17-14-7-10(2)13(6-11(14)3)9-15-8-12(4)16/h6-7,12,15-16H,5,8-9H2,1-4H3. The Bertz CT molecular complexity index is 361. The summed E-state index contributed by atoms with van der Waals surface area (Å²) in [7, 11) is 0. The fraction of sp³-hybridized carbons (Fsp3) is 0.571. The minimum atomic E-state index is -0.306. The van der Waals surface area contributed by atoms with Gasteiger partial charge in [0.1, 0.15) is 5.75 Å². The van der Waals surface area contributed by atoms with Gasteiger partial charge in [0, 0.05) is 13.1 Å².